The van der Waals surface area contributed by atoms with Crippen molar-refractivity contribution in [1.82, 2.24) is 0 Å². The molecule has 0 aromatic carbocycles. The Bertz CT molecular complexity index is 314. The van der Waals surface area contributed by atoms with Gasteiger partial charge in [-0.2, -0.15) is 0 Å². The second kappa shape index (κ2) is 8.19. The molecular formula is C19H36O2. The van der Waals surface area contributed by atoms with Crippen molar-refractivity contribution in [3.05, 3.63) is 0 Å². The largest absolute Gasteiger partial charge is 0.466 e. The fourth-order valence-electron chi connectivity index (χ4n) is 3.79. The van der Waals surface area contributed by atoms with Crippen LogP contribution in [0.1, 0.15) is 80.1 Å². The fourth-order valence-corrected chi connectivity index (χ4v) is 3.79. The van der Waals surface area contributed by atoms with Gasteiger partial charge in [0.1, 0.15) is 0 Å². The van der Waals surface area contributed by atoms with E-state index >= 15 is 0 Å². The standard InChI is InChI=1S/C19H36O2/c1-7-21-18(20)19(5,6)15(4)13-17(14(2)3)16-11-9-8-10-12-16/h14-17H,7-13H2,1-6H3. The molecule has 0 bridgehead atoms. The average molecular weight is 296 g/mol. The molecular weight excluding hydrogens is 260 g/mol. The maximum absolute atomic E-state index is 12.2. The molecule has 0 spiro atoms. The van der Waals surface area contributed by atoms with Gasteiger partial charge >= 0.3 is 5.97 Å². The van der Waals surface area contributed by atoms with Crippen LogP contribution in [0, 0.1) is 29.1 Å². The zero-order valence-electron chi connectivity index (χ0n) is 15.1. The van der Waals surface area contributed by atoms with Crippen LogP contribution in [-0.4, -0.2) is 12.6 Å². The van der Waals surface area contributed by atoms with Gasteiger partial charge in [0.2, 0.25) is 0 Å². The second-order valence-electron chi connectivity index (χ2n) is 7.88. The Morgan fingerprint density at radius 2 is 1.71 bits per heavy atom. The Morgan fingerprint density at radius 1 is 1.14 bits per heavy atom. The van der Waals surface area contributed by atoms with E-state index in [1.807, 2.05) is 20.8 Å². The molecule has 0 aromatic rings. The maximum atomic E-state index is 12.2. The molecule has 1 rings (SSSR count). The monoisotopic (exact) mass is 296 g/mol. The maximum Gasteiger partial charge on any atom is 0.311 e. The molecule has 0 aromatic heterocycles. The van der Waals surface area contributed by atoms with Crippen molar-refractivity contribution >= 4 is 5.97 Å². The average Bonchev–Trinajstić information content (AvgIpc) is 2.45. The smallest absolute Gasteiger partial charge is 0.311 e. The molecule has 0 saturated heterocycles. The lowest BCUT2D eigenvalue weighted by molar-refractivity contribution is -0.156. The predicted molar refractivity (Wildman–Crippen MR) is 89.1 cm³/mol. The van der Waals surface area contributed by atoms with Crippen LogP contribution in [0.5, 0.6) is 0 Å². The van der Waals surface area contributed by atoms with Gasteiger partial charge in [-0.3, -0.25) is 4.79 Å². The molecule has 0 heterocycles. The molecule has 2 unspecified atom stereocenters. The Morgan fingerprint density at radius 3 is 2.19 bits per heavy atom. The van der Waals surface area contributed by atoms with Gasteiger partial charge < -0.3 is 4.74 Å². The number of esters is 1. The SMILES string of the molecule is CCOC(=O)C(C)(C)C(C)CC(C(C)C)C1CCCCC1. The second-order valence-corrected chi connectivity index (χ2v) is 7.88. The van der Waals surface area contributed by atoms with Gasteiger partial charge in [-0.05, 0) is 50.9 Å². The summed E-state index contributed by atoms with van der Waals surface area (Å²) in [6.45, 7) is 13.4. The Labute approximate surface area is 132 Å². The van der Waals surface area contributed by atoms with Crippen LogP contribution in [0.2, 0.25) is 0 Å². The van der Waals surface area contributed by atoms with Gasteiger partial charge in [-0.15, -0.1) is 0 Å². The first kappa shape index (κ1) is 18.5. The van der Waals surface area contributed by atoms with Gasteiger partial charge in [0.25, 0.3) is 0 Å². The summed E-state index contributed by atoms with van der Waals surface area (Å²) in [5.41, 5.74) is -0.377. The molecule has 0 N–H and O–H groups in total. The summed E-state index contributed by atoms with van der Waals surface area (Å²) in [6, 6.07) is 0. The minimum absolute atomic E-state index is 0.0383. The third-order valence-corrected chi connectivity index (χ3v) is 5.77. The molecule has 0 radical (unpaired) electrons. The Balaban J connectivity index is 2.71. The summed E-state index contributed by atoms with van der Waals surface area (Å²) in [7, 11) is 0. The molecule has 1 fully saturated rings. The van der Waals surface area contributed by atoms with E-state index in [0.29, 0.717) is 18.4 Å². The third kappa shape index (κ3) is 5.00. The molecule has 2 atom stereocenters. The van der Waals surface area contributed by atoms with E-state index in [1.165, 1.54) is 32.1 Å². The van der Waals surface area contributed by atoms with Crippen LogP contribution in [0.25, 0.3) is 0 Å². The van der Waals surface area contributed by atoms with Gasteiger partial charge in [0.05, 0.1) is 12.0 Å². The van der Waals surface area contributed by atoms with Crippen molar-refractivity contribution < 1.29 is 9.53 Å². The highest BCUT2D eigenvalue weighted by Gasteiger charge is 2.38. The Hall–Kier alpha value is -0.530. The number of carbonyl (C=O) groups is 1. The van der Waals surface area contributed by atoms with Crippen molar-refractivity contribution in [3.63, 3.8) is 0 Å². The molecule has 0 amide bonds. The quantitative estimate of drug-likeness (QED) is 0.583. The number of hydrogen-bond acceptors (Lipinski definition) is 2. The molecule has 0 aliphatic heterocycles. The number of carbonyl (C=O) groups excluding carboxylic acids is 1. The molecule has 124 valence electrons. The molecule has 1 aliphatic carbocycles. The summed E-state index contributed by atoms with van der Waals surface area (Å²) < 4.78 is 5.28. The summed E-state index contributed by atoms with van der Waals surface area (Å²) in [5, 5.41) is 0. The first-order valence-corrected chi connectivity index (χ1v) is 8.97. The summed E-state index contributed by atoms with van der Waals surface area (Å²) in [4.78, 5) is 12.2. The lowest BCUT2D eigenvalue weighted by Crippen LogP contribution is -2.36. The molecule has 1 saturated carbocycles. The van der Waals surface area contributed by atoms with Gasteiger partial charge in [0, 0.05) is 0 Å². The first-order chi connectivity index (χ1) is 9.80. The fraction of sp³-hybridized carbons (Fsp3) is 0.947. The van der Waals surface area contributed by atoms with Gasteiger partial charge in [-0.1, -0.05) is 52.9 Å². The van der Waals surface area contributed by atoms with Crippen LogP contribution in [0.4, 0.5) is 0 Å². The number of ether oxygens (including phenoxy) is 1. The van der Waals surface area contributed by atoms with E-state index in [0.717, 1.165) is 18.3 Å². The lowest BCUT2D eigenvalue weighted by atomic mass is 9.67. The van der Waals surface area contributed by atoms with Crippen molar-refractivity contribution in [2.24, 2.45) is 29.1 Å². The first-order valence-electron chi connectivity index (χ1n) is 8.97. The van der Waals surface area contributed by atoms with Crippen LogP contribution in [0.15, 0.2) is 0 Å². The highest BCUT2D eigenvalue weighted by atomic mass is 16.5. The normalized spacial score (nSPS) is 20.3. The topological polar surface area (TPSA) is 26.3 Å². The zero-order valence-corrected chi connectivity index (χ0v) is 15.1. The minimum Gasteiger partial charge on any atom is -0.466 e. The third-order valence-electron chi connectivity index (χ3n) is 5.77. The zero-order chi connectivity index (χ0) is 16.0. The summed E-state index contributed by atoms with van der Waals surface area (Å²) >= 11 is 0. The lowest BCUT2D eigenvalue weighted by Gasteiger charge is -2.38. The molecule has 2 nitrogen and oxygen atoms in total. The number of rotatable bonds is 7. The van der Waals surface area contributed by atoms with Crippen molar-refractivity contribution in [1.29, 1.82) is 0 Å². The van der Waals surface area contributed by atoms with E-state index in [4.69, 9.17) is 4.74 Å². The predicted octanol–water partition coefficient (Wildman–Crippen LogP) is 5.45. The van der Waals surface area contributed by atoms with Crippen LogP contribution >= 0.6 is 0 Å². The highest BCUT2D eigenvalue weighted by Crippen LogP contribution is 2.41. The van der Waals surface area contributed by atoms with E-state index in [9.17, 15) is 4.79 Å². The van der Waals surface area contributed by atoms with Crippen LogP contribution in [-0.2, 0) is 9.53 Å². The van der Waals surface area contributed by atoms with Crippen molar-refractivity contribution in [3.8, 4) is 0 Å². The summed E-state index contributed by atoms with van der Waals surface area (Å²) in [5.74, 6) is 2.64. The molecule has 21 heavy (non-hydrogen) atoms. The highest BCUT2D eigenvalue weighted by molar-refractivity contribution is 5.76. The van der Waals surface area contributed by atoms with E-state index in [1.54, 1.807) is 0 Å². The van der Waals surface area contributed by atoms with Crippen molar-refractivity contribution in [2.45, 2.75) is 80.1 Å². The van der Waals surface area contributed by atoms with Crippen LogP contribution < -0.4 is 0 Å². The van der Waals surface area contributed by atoms with Gasteiger partial charge in [-0.25, -0.2) is 0 Å². The summed E-state index contributed by atoms with van der Waals surface area (Å²) in [6.07, 6.45) is 8.11. The molecule has 2 heteroatoms. The Kier molecular flexibility index (Phi) is 7.23. The number of hydrogen-bond donors (Lipinski definition) is 0. The van der Waals surface area contributed by atoms with Crippen LogP contribution in [0.3, 0.4) is 0 Å². The molecule has 1 aliphatic rings. The van der Waals surface area contributed by atoms with E-state index < -0.39 is 0 Å². The minimum atomic E-state index is -0.377. The van der Waals surface area contributed by atoms with E-state index in [2.05, 4.69) is 20.8 Å². The van der Waals surface area contributed by atoms with Gasteiger partial charge in [0.15, 0.2) is 0 Å². The van der Waals surface area contributed by atoms with E-state index in [-0.39, 0.29) is 11.4 Å². The van der Waals surface area contributed by atoms with Crippen molar-refractivity contribution in [2.75, 3.05) is 6.61 Å².